The summed E-state index contributed by atoms with van der Waals surface area (Å²) in [5.41, 5.74) is 7.49. The van der Waals surface area contributed by atoms with Crippen molar-refractivity contribution in [3.05, 3.63) is 27.7 Å². The largest absolute Gasteiger partial charge is 0.494 e. The van der Waals surface area contributed by atoms with E-state index in [0.717, 1.165) is 0 Å². The van der Waals surface area contributed by atoms with Crippen LogP contribution in [0.3, 0.4) is 0 Å². The summed E-state index contributed by atoms with van der Waals surface area (Å²) in [5.74, 6) is 0.392. The van der Waals surface area contributed by atoms with Gasteiger partial charge in [-0.15, -0.1) is 0 Å². The van der Waals surface area contributed by atoms with Crippen LogP contribution in [0.5, 0.6) is 5.75 Å². The molecule has 16 heavy (non-hydrogen) atoms. The summed E-state index contributed by atoms with van der Waals surface area (Å²) in [5, 5.41) is 4.29. The highest BCUT2D eigenvalue weighted by Crippen LogP contribution is 2.33. The number of hydrogen-bond acceptors (Lipinski definition) is 3. The third-order valence-electron chi connectivity index (χ3n) is 1.61. The van der Waals surface area contributed by atoms with E-state index in [4.69, 9.17) is 33.7 Å². The minimum absolute atomic E-state index is 0.357. The Hall–Kier alpha value is -1.46. The Kier molecular flexibility index (Phi) is 4.39. The zero-order chi connectivity index (χ0) is 12.1. The molecule has 1 rings (SSSR count). The van der Waals surface area contributed by atoms with Gasteiger partial charge in [0, 0.05) is 0 Å². The van der Waals surface area contributed by atoms with E-state index in [1.807, 2.05) is 0 Å². The topological polar surface area (TPSA) is 76.7 Å². The lowest BCUT2D eigenvalue weighted by atomic mass is 10.2. The van der Waals surface area contributed by atoms with Gasteiger partial charge in [-0.2, -0.15) is 5.10 Å². The summed E-state index contributed by atoms with van der Waals surface area (Å²) < 4.78 is 4.98. The van der Waals surface area contributed by atoms with Crippen LogP contribution in [0.2, 0.25) is 10.0 Å². The van der Waals surface area contributed by atoms with Crippen molar-refractivity contribution in [1.29, 1.82) is 0 Å². The Labute approximate surface area is 102 Å². The molecule has 0 fully saturated rings. The maximum absolute atomic E-state index is 10.3. The van der Waals surface area contributed by atoms with Crippen molar-refractivity contribution in [1.82, 2.24) is 5.43 Å². The van der Waals surface area contributed by atoms with Crippen LogP contribution in [-0.4, -0.2) is 19.4 Å². The fraction of sp³-hybridized carbons (Fsp3) is 0.111. The van der Waals surface area contributed by atoms with Gasteiger partial charge in [-0.25, -0.2) is 10.2 Å². The SMILES string of the molecule is COc1c(Cl)cc(/C=N\NC(N)=O)cc1Cl. The monoisotopic (exact) mass is 261 g/mol. The number of amides is 2. The lowest BCUT2D eigenvalue weighted by Gasteiger charge is -2.05. The van der Waals surface area contributed by atoms with Gasteiger partial charge in [0.25, 0.3) is 0 Å². The minimum Gasteiger partial charge on any atom is -0.494 e. The molecular formula is C9H9Cl2N3O2. The van der Waals surface area contributed by atoms with Gasteiger partial charge in [0.1, 0.15) is 0 Å². The van der Waals surface area contributed by atoms with Crippen LogP contribution in [-0.2, 0) is 0 Å². The number of hydrazone groups is 1. The quantitative estimate of drug-likeness (QED) is 0.645. The molecule has 0 radical (unpaired) electrons. The fourth-order valence-corrected chi connectivity index (χ4v) is 1.68. The van der Waals surface area contributed by atoms with E-state index in [1.54, 1.807) is 12.1 Å². The Morgan fingerprint density at radius 2 is 2.06 bits per heavy atom. The zero-order valence-corrected chi connectivity index (χ0v) is 9.84. The molecule has 0 atom stereocenters. The molecule has 1 aromatic carbocycles. The zero-order valence-electron chi connectivity index (χ0n) is 8.33. The molecule has 0 heterocycles. The Morgan fingerprint density at radius 1 is 1.50 bits per heavy atom. The van der Waals surface area contributed by atoms with Crippen LogP contribution >= 0.6 is 23.2 Å². The molecule has 0 bridgehead atoms. The highest BCUT2D eigenvalue weighted by molar-refractivity contribution is 6.37. The second-order valence-electron chi connectivity index (χ2n) is 2.75. The predicted molar refractivity (Wildman–Crippen MR) is 63.3 cm³/mol. The predicted octanol–water partition coefficient (Wildman–Crippen LogP) is 2.00. The van der Waals surface area contributed by atoms with Crippen molar-refractivity contribution < 1.29 is 9.53 Å². The number of carbonyl (C=O) groups excluding carboxylic acids is 1. The second kappa shape index (κ2) is 5.58. The summed E-state index contributed by atoms with van der Waals surface area (Å²) >= 11 is 11.8. The molecule has 0 aliphatic carbocycles. The molecule has 5 nitrogen and oxygen atoms in total. The van der Waals surface area contributed by atoms with Gasteiger partial charge >= 0.3 is 6.03 Å². The molecule has 0 aliphatic rings. The minimum atomic E-state index is -0.748. The lowest BCUT2D eigenvalue weighted by molar-refractivity contribution is 0.249. The number of nitrogens with zero attached hydrogens (tertiary/aromatic N) is 1. The van der Waals surface area contributed by atoms with Gasteiger partial charge in [-0.05, 0) is 17.7 Å². The van der Waals surface area contributed by atoms with E-state index in [-0.39, 0.29) is 0 Å². The van der Waals surface area contributed by atoms with Crippen molar-refractivity contribution in [2.75, 3.05) is 7.11 Å². The normalized spacial score (nSPS) is 10.4. The van der Waals surface area contributed by atoms with Crippen LogP contribution in [0, 0.1) is 0 Å². The molecule has 86 valence electrons. The smallest absolute Gasteiger partial charge is 0.332 e. The van der Waals surface area contributed by atoms with Gasteiger partial charge in [0.05, 0.1) is 23.4 Å². The standard InChI is InChI=1S/C9H9Cl2N3O2/c1-16-8-6(10)2-5(3-7(8)11)4-13-14-9(12)15/h2-4H,1H3,(H3,12,14,15)/b13-4-. The van der Waals surface area contributed by atoms with Gasteiger partial charge in [-0.1, -0.05) is 23.2 Å². The van der Waals surface area contributed by atoms with E-state index >= 15 is 0 Å². The summed E-state index contributed by atoms with van der Waals surface area (Å²) in [7, 11) is 1.47. The van der Waals surface area contributed by atoms with Gasteiger partial charge in [-0.3, -0.25) is 0 Å². The van der Waals surface area contributed by atoms with Crippen molar-refractivity contribution in [3.63, 3.8) is 0 Å². The number of rotatable bonds is 3. The van der Waals surface area contributed by atoms with Gasteiger partial charge < -0.3 is 10.5 Å². The number of hydrogen-bond donors (Lipinski definition) is 2. The fourth-order valence-electron chi connectivity index (χ4n) is 1.02. The maximum Gasteiger partial charge on any atom is 0.332 e. The summed E-state index contributed by atoms with van der Waals surface area (Å²) in [4.78, 5) is 10.3. The number of carbonyl (C=O) groups is 1. The molecule has 0 unspecified atom stereocenters. The molecule has 3 N–H and O–H groups in total. The Balaban J connectivity index is 2.91. The first-order valence-electron chi connectivity index (χ1n) is 4.16. The Bertz CT molecular complexity index is 412. The first-order valence-corrected chi connectivity index (χ1v) is 4.91. The molecular weight excluding hydrogens is 253 g/mol. The molecule has 0 saturated carbocycles. The summed E-state index contributed by atoms with van der Waals surface area (Å²) in [6.45, 7) is 0. The number of nitrogens with one attached hydrogen (secondary N) is 1. The highest BCUT2D eigenvalue weighted by Gasteiger charge is 2.07. The van der Waals surface area contributed by atoms with Crippen LogP contribution in [0.15, 0.2) is 17.2 Å². The van der Waals surface area contributed by atoms with E-state index < -0.39 is 6.03 Å². The number of nitrogens with two attached hydrogens (primary N) is 1. The van der Waals surface area contributed by atoms with Crippen LogP contribution in [0.4, 0.5) is 4.79 Å². The molecule has 0 saturated heterocycles. The molecule has 0 spiro atoms. The van der Waals surface area contributed by atoms with Crippen molar-refractivity contribution in [2.24, 2.45) is 10.8 Å². The van der Waals surface area contributed by atoms with E-state index in [2.05, 4.69) is 10.5 Å². The number of halogens is 2. The molecule has 2 amide bonds. The number of benzene rings is 1. The second-order valence-corrected chi connectivity index (χ2v) is 3.57. The molecule has 7 heteroatoms. The van der Waals surface area contributed by atoms with Crippen molar-refractivity contribution in [2.45, 2.75) is 0 Å². The molecule has 0 aliphatic heterocycles. The average molecular weight is 262 g/mol. The van der Waals surface area contributed by atoms with Gasteiger partial charge in [0.15, 0.2) is 5.75 Å². The first kappa shape index (κ1) is 12.6. The van der Waals surface area contributed by atoms with Crippen LogP contribution in [0.1, 0.15) is 5.56 Å². The van der Waals surface area contributed by atoms with E-state index in [0.29, 0.717) is 21.4 Å². The number of methoxy groups -OCH3 is 1. The van der Waals surface area contributed by atoms with E-state index in [1.165, 1.54) is 13.3 Å². The number of primary amides is 1. The average Bonchev–Trinajstić information content (AvgIpc) is 2.16. The molecule has 0 aromatic heterocycles. The van der Waals surface area contributed by atoms with Gasteiger partial charge in [0.2, 0.25) is 0 Å². The number of ether oxygens (including phenoxy) is 1. The Morgan fingerprint density at radius 3 is 2.50 bits per heavy atom. The third-order valence-corrected chi connectivity index (χ3v) is 2.17. The number of urea groups is 1. The van der Waals surface area contributed by atoms with Crippen LogP contribution in [0.25, 0.3) is 0 Å². The first-order chi connectivity index (χ1) is 7.54. The van der Waals surface area contributed by atoms with E-state index in [9.17, 15) is 4.79 Å². The van der Waals surface area contributed by atoms with Crippen LogP contribution < -0.4 is 15.9 Å². The summed E-state index contributed by atoms with van der Waals surface area (Å²) in [6, 6.07) is 2.44. The van der Waals surface area contributed by atoms with Crippen molar-refractivity contribution >= 4 is 35.4 Å². The lowest BCUT2D eigenvalue weighted by Crippen LogP contribution is -2.24. The maximum atomic E-state index is 10.3. The molecule has 1 aromatic rings. The van der Waals surface area contributed by atoms with Crippen molar-refractivity contribution in [3.8, 4) is 5.75 Å². The highest BCUT2D eigenvalue weighted by atomic mass is 35.5. The summed E-state index contributed by atoms with van der Waals surface area (Å²) in [6.07, 6.45) is 1.36. The third kappa shape index (κ3) is 3.29.